The molecule has 3 atom stereocenters. The molecule has 2 aliphatic rings. The van der Waals surface area contributed by atoms with Crippen LogP contribution in [0.4, 0.5) is 0 Å². The van der Waals surface area contributed by atoms with Gasteiger partial charge in [-0.05, 0) is 75.6 Å². The van der Waals surface area contributed by atoms with Crippen LogP contribution in [-0.4, -0.2) is 51.0 Å². The van der Waals surface area contributed by atoms with Crippen molar-refractivity contribution < 1.29 is 22.7 Å². The molecule has 0 spiro atoms. The molecule has 3 rings (SSSR count). The molecule has 2 fully saturated rings. The number of sulfonamides is 1. The largest absolute Gasteiger partial charge is 0.489 e. The van der Waals surface area contributed by atoms with Gasteiger partial charge in [-0.2, -0.15) is 4.31 Å². The highest BCUT2D eigenvalue weighted by atomic mass is 35.5. The summed E-state index contributed by atoms with van der Waals surface area (Å²) in [5.41, 5.74) is 6.64. The highest BCUT2D eigenvalue weighted by Gasteiger charge is 2.41. The van der Waals surface area contributed by atoms with Crippen LogP contribution in [0.3, 0.4) is 0 Å². The Hall–Kier alpha value is -1.35. The van der Waals surface area contributed by atoms with Crippen LogP contribution in [0.5, 0.6) is 5.75 Å². The monoisotopic (exact) mass is 460 g/mol. The minimum atomic E-state index is -3.88. The predicted molar refractivity (Wildman–Crippen MR) is 117 cm³/mol. The molecule has 2 N–H and O–H groups in total. The fraction of sp³-hybridized carbons (Fsp3) is 0.667. The van der Waals surface area contributed by atoms with E-state index < -0.39 is 22.0 Å². The van der Waals surface area contributed by atoms with E-state index in [0.29, 0.717) is 37.6 Å². The number of methoxy groups -OCH3 is 1. The number of nitrogens with two attached hydrogens (primary N) is 1. The van der Waals surface area contributed by atoms with Crippen LogP contribution < -0.4 is 10.5 Å². The van der Waals surface area contributed by atoms with Crippen molar-refractivity contribution >= 4 is 28.4 Å². The number of halogens is 1. The second-order valence-corrected chi connectivity index (χ2v) is 9.96. The summed E-state index contributed by atoms with van der Waals surface area (Å²) in [6.07, 6.45) is 6.04. The first kappa shape index (κ1) is 24.9. The lowest BCUT2D eigenvalue weighted by molar-refractivity contribution is -0.144. The van der Waals surface area contributed by atoms with Gasteiger partial charge in [0, 0.05) is 6.54 Å². The summed E-state index contributed by atoms with van der Waals surface area (Å²) >= 11 is 0. The molecule has 1 aliphatic carbocycles. The molecule has 9 heteroatoms. The summed E-state index contributed by atoms with van der Waals surface area (Å²) in [4.78, 5) is 12.2. The van der Waals surface area contributed by atoms with Gasteiger partial charge < -0.3 is 15.2 Å². The van der Waals surface area contributed by atoms with Crippen molar-refractivity contribution in [3.05, 3.63) is 23.8 Å². The number of aryl methyl sites for hydroxylation is 1. The maximum Gasteiger partial charge on any atom is 0.324 e. The van der Waals surface area contributed by atoms with Gasteiger partial charge in [0.1, 0.15) is 16.7 Å². The Morgan fingerprint density at radius 3 is 2.70 bits per heavy atom. The van der Waals surface area contributed by atoms with E-state index in [2.05, 4.69) is 0 Å². The second-order valence-electron chi connectivity index (χ2n) is 8.10. The van der Waals surface area contributed by atoms with Crippen LogP contribution in [0.25, 0.3) is 0 Å². The third-order valence-electron chi connectivity index (χ3n) is 5.97. The maximum absolute atomic E-state index is 13.4. The van der Waals surface area contributed by atoms with Crippen LogP contribution in [0.15, 0.2) is 23.1 Å². The molecule has 0 unspecified atom stereocenters. The lowest BCUT2D eigenvalue weighted by atomic mass is 9.85. The normalized spacial score (nSPS) is 24.8. The van der Waals surface area contributed by atoms with E-state index in [1.165, 1.54) is 11.4 Å². The minimum Gasteiger partial charge on any atom is -0.489 e. The van der Waals surface area contributed by atoms with Crippen LogP contribution >= 0.6 is 12.4 Å². The van der Waals surface area contributed by atoms with Gasteiger partial charge in [0.2, 0.25) is 10.0 Å². The number of hydrogen-bond donors (Lipinski definition) is 1. The number of carbonyl (C=O) groups is 1. The predicted octanol–water partition coefficient (Wildman–Crippen LogP) is 3.03. The molecule has 1 saturated heterocycles. The highest BCUT2D eigenvalue weighted by molar-refractivity contribution is 7.89. The zero-order chi connectivity index (χ0) is 21.0. The topological polar surface area (TPSA) is 98.9 Å². The van der Waals surface area contributed by atoms with E-state index in [0.717, 1.165) is 37.7 Å². The summed E-state index contributed by atoms with van der Waals surface area (Å²) in [6, 6.07) is 4.36. The summed E-state index contributed by atoms with van der Waals surface area (Å²) in [7, 11) is -2.59. The van der Waals surface area contributed by atoms with Gasteiger partial charge in [-0.15, -0.1) is 12.4 Å². The van der Waals surface area contributed by atoms with Gasteiger partial charge in [0.05, 0.1) is 13.2 Å². The first-order valence-electron chi connectivity index (χ1n) is 10.4. The van der Waals surface area contributed by atoms with Crippen molar-refractivity contribution in [3.63, 3.8) is 0 Å². The molecule has 1 aliphatic heterocycles. The molecule has 0 amide bonds. The van der Waals surface area contributed by atoms with E-state index in [1.54, 1.807) is 18.2 Å². The Morgan fingerprint density at radius 2 is 2.00 bits per heavy atom. The maximum atomic E-state index is 13.4. The van der Waals surface area contributed by atoms with E-state index in [4.69, 9.17) is 15.2 Å². The molecular weight excluding hydrogens is 428 g/mol. The first-order valence-corrected chi connectivity index (χ1v) is 11.9. The number of nitrogens with zero attached hydrogens (tertiary/aromatic N) is 1. The highest BCUT2D eigenvalue weighted by Crippen LogP contribution is 2.36. The Kier molecular flexibility index (Phi) is 8.97. The lowest BCUT2D eigenvalue weighted by Crippen LogP contribution is -2.41. The zero-order valence-electron chi connectivity index (χ0n) is 17.7. The molecule has 0 aromatic heterocycles. The van der Waals surface area contributed by atoms with E-state index in [9.17, 15) is 13.2 Å². The number of ether oxygens (including phenoxy) is 2. The Bertz CT molecular complexity index is 831. The summed E-state index contributed by atoms with van der Waals surface area (Å²) in [6.45, 7) is 2.87. The van der Waals surface area contributed by atoms with Crippen molar-refractivity contribution in [2.75, 3.05) is 20.2 Å². The number of benzene rings is 1. The Labute approximate surface area is 185 Å². The number of carbonyl (C=O) groups excluding carboxylic acids is 1. The average Bonchev–Trinajstić information content (AvgIpc) is 3.19. The third-order valence-corrected chi connectivity index (χ3v) is 7.91. The Balaban J connectivity index is 0.00000320. The molecular formula is C21H33ClN2O5S. The summed E-state index contributed by atoms with van der Waals surface area (Å²) in [5.74, 6) is 0.377. The summed E-state index contributed by atoms with van der Waals surface area (Å²) in [5, 5.41) is 0. The average molecular weight is 461 g/mol. The fourth-order valence-electron chi connectivity index (χ4n) is 4.47. The smallest absolute Gasteiger partial charge is 0.324 e. The van der Waals surface area contributed by atoms with E-state index in [-0.39, 0.29) is 23.4 Å². The van der Waals surface area contributed by atoms with Gasteiger partial charge in [-0.3, -0.25) is 4.79 Å². The molecule has 1 aromatic rings. The van der Waals surface area contributed by atoms with Crippen molar-refractivity contribution in [3.8, 4) is 5.75 Å². The molecule has 170 valence electrons. The van der Waals surface area contributed by atoms with E-state index >= 15 is 0 Å². The molecule has 1 saturated carbocycles. The first-order chi connectivity index (χ1) is 13.9. The molecule has 1 heterocycles. The Morgan fingerprint density at radius 1 is 1.23 bits per heavy atom. The van der Waals surface area contributed by atoms with Crippen molar-refractivity contribution in [1.29, 1.82) is 0 Å². The number of rotatable bonds is 7. The van der Waals surface area contributed by atoms with Crippen molar-refractivity contribution in [2.24, 2.45) is 11.7 Å². The fourth-order valence-corrected chi connectivity index (χ4v) is 6.22. The minimum absolute atomic E-state index is 0. The van der Waals surface area contributed by atoms with Crippen LogP contribution in [-0.2, 0) is 19.6 Å². The molecule has 1 aromatic carbocycles. The van der Waals surface area contributed by atoms with Crippen LogP contribution in [0, 0.1) is 12.8 Å². The molecule has 0 radical (unpaired) electrons. The zero-order valence-corrected chi connectivity index (χ0v) is 19.3. The SMILES string of the molecule is COC(=O)[C@@H]1CCCN1S(=O)(=O)c1ccc(C)cc1O[C@@H]1CCC[C@@H](CCN)C1.Cl. The molecule has 7 nitrogen and oxygen atoms in total. The van der Waals surface area contributed by atoms with Crippen molar-refractivity contribution in [2.45, 2.75) is 68.9 Å². The van der Waals surface area contributed by atoms with Gasteiger partial charge in [0.15, 0.2) is 0 Å². The van der Waals surface area contributed by atoms with Gasteiger partial charge >= 0.3 is 5.97 Å². The second kappa shape index (κ2) is 10.8. The standard InChI is InChI=1S/C21H32N2O5S.ClH/c1-15-8-9-20(29(25,26)23-12-4-7-18(23)21(24)27-2)19(13-15)28-17-6-3-5-16(14-17)10-11-22;/h8-9,13,16-18H,3-7,10-12,14,22H2,1-2H3;1H/t16-,17+,18-;/m0./s1. The van der Waals surface area contributed by atoms with Gasteiger partial charge in [-0.25, -0.2) is 8.42 Å². The van der Waals surface area contributed by atoms with Gasteiger partial charge in [-0.1, -0.05) is 12.5 Å². The number of esters is 1. The summed E-state index contributed by atoms with van der Waals surface area (Å²) < 4.78 is 39.2. The van der Waals surface area contributed by atoms with Gasteiger partial charge in [0.25, 0.3) is 0 Å². The molecule has 30 heavy (non-hydrogen) atoms. The quantitative estimate of drug-likeness (QED) is 0.628. The van der Waals surface area contributed by atoms with Crippen molar-refractivity contribution in [1.82, 2.24) is 4.31 Å². The number of hydrogen-bond acceptors (Lipinski definition) is 6. The van der Waals surface area contributed by atoms with E-state index in [1.807, 2.05) is 6.92 Å². The van der Waals surface area contributed by atoms with Crippen LogP contribution in [0.1, 0.15) is 50.5 Å². The van der Waals surface area contributed by atoms with Crippen LogP contribution in [0.2, 0.25) is 0 Å². The molecule has 0 bridgehead atoms. The lowest BCUT2D eigenvalue weighted by Gasteiger charge is -2.30. The third kappa shape index (κ3) is 5.46.